The molecule has 8 heteroatoms. The zero-order valence-electron chi connectivity index (χ0n) is 9.70. The number of nitrogens with one attached hydrogen (secondary N) is 1. The van der Waals surface area contributed by atoms with Gasteiger partial charge in [-0.3, -0.25) is 10.1 Å². The van der Waals surface area contributed by atoms with E-state index >= 15 is 0 Å². The molecule has 0 saturated heterocycles. The zero-order chi connectivity index (χ0) is 14.5. The maximum absolute atomic E-state index is 11.9. The molecule has 1 N–H and O–H groups in total. The first-order chi connectivity index (χ1) is 8.83. The van der Waals surface area contributed by atoms with Crippen LogP contribution in [0.1, 0.15) is 18.4 Å². The van der Waals surface area contributed by atoms with E-state index in [1.807, 2.05) is 0 Å². The van der Waals surface area contributed by atoms with Crippen molar-refractivity contribution in [1.82, 2.24) is 0 Å². The molecule has 0 heterocycles. The third-order valence-electron chi connectivity index (χ3n) is 2.28. The normalized spacial score (nSPS) is 10.8. The standard InChI is InChI=1S/C11H10F3N3O2/c12-11(13,14)4-1-5-16-9-3-2-8(7-15)10(6-9)17(18)19/h2-3,6,16H,1,4-5H2. The summed E-state index contributed by atoms with van der Waals surface area (Å²) in [6.07, 6.45) is -5.26. The lowest BCUT2D eigenvalue weighted by Crippen LogP contribution is -2.11. The highest BCUT2D eigenvalue weighted by Crippen LogP contribution is 2.24. The van der Waals surface area contributed by atoms with E-state index in [0.29, 0.717) is 5.69 Å². The van der Waals surface area contributed by atoms with Crippen molar-refractivity contribution in [2.75, 3.05) is 11.9 Å². The van der Waals surface area contributed by atoms with Crippen LogP contribution in [-0.2, 0) is 0 Å². The molecule has 0 aliphatic carbocycles. The first-order valence-corrected chi connectivity index (χ1v) is 5.32. The topological polar surface area (TPSA) is 79.0 Å². The highest BCUT2D eigenvalue weighted by Gasteiger charge is 2.25. The Labute approximate surface area is 106 Å². The highest BCUT2D eigenvalue weighted by molar-refractivity contribution is 5.59. The molecule has 0 bridgehead atoms. The third kappa shape index (κ3) is 4.83. The number of halogens is 3. The summed E-state index contributed by atoms with van der Waals surface area (Å²) in [5.41, 5.74) is -0.151. The van der Waals surface area contributed by atoms with Crippen molar-refractivity contribution in [1.29, 1.82) is 5.26 Å². The maximum Gasteiger partial charge on any atom is 0.389 e. The maximum atomic E-state index is 11.9. The van der Waals surface area contributed by atoms with Crippen LogP contribution in [0, 0.1) is 21.4 Å². The molecular formula is C11H10F3N3O2. The van der Waals surface area contributed by atoms with Gasteiger partial charge in [0.25, 0.3) is 5.69 Å². The van der Waals surface area contributed by atoms with Crippen LogP contribution >= 0.6 is 0 Å². The van der Waals surface area contributed by atoms with E-state index < -0.39 is 17.5 Å². The molecule has 0 spiro atoms. The van der Waals surface area contributed by atoms with Gasteiger partial charge < -0.3 is 5.32 Å². The van der Waals surface area contributed by atoms with Crippen LogP contribution in [0.5, 0.6) is 0 Å². The number of hydrogen-bond donors (Lipinski definition) is 1. The van der Waals surface area contributed by atoms with Gasteiger partial charge in [0.05, 0.1) is 4.92 Å². The Morgan fingerprint density at radius 3 is 2.63 bits per heavy atom. The average Bonchev–Trinajstić information content (AvgIpc) is 2.33. The van der Waals surface area contributed by atoms with Gasteiger partial charge >= 0.3 is 6.18 Å². The van der Waals surface area contributed by atoms with Crippen molar-refractivity contribution < 1.29 is 18.1 Å². The van der Waals surface area contributed by atoms with Gasteiger partial charge in [0.2, 0.25) is 0 Å². The van der Waals surface area contributed by atoms with Crippen LogP contribution in [0.2, 0.25) is 0 Å². The minimum absolute atomic E-state index is 0.0442. The summed E-state index contributed by atoms with van der Waals surface area (Å²) in [6, 6.07) is 5.47. The van der Waals surface area contributed by atoms with E-state index in [1.165, 1.54) is 12.1 Å². The molecule has 102 valence electrons. The van der Waals surface area contributed by atoms with Crippen molar-refractivity contribution in [3.05, 3.63) is 33.9 Å². The Hall–Kier alpha value is -2.30. The van der Waals surface area contributed by atoms with Gasteiger partial charge in [-0.25, -0.2) is 0 Å². The number of anilines is 1. The van der Waals surface area contributed by atoms with E-state index in [4.69, 9.17) is 5.26 Å². The summed E-state index contributed by atoms with van der Waals surface area (Å²) in [5.74, 6) is 0. The molecule has 0 aromatic heterocycles. The summed E-state index contributed by atoms with van der Waals surface area (Å²) in [5, 5.41) is 22.0. The van der Waals surface area contributed by atoms with E-state index in [1.54, 1.807) is 6.07 Å². The second-order valence-corrected chi connectivity index (χ2v) is 3.75. The van der Waals surface area contributed by atoms with Gasteiger partial charge in [-0.2, -0.15) is 18.4 Å². The van der Waals surface area contributed by atoms with Crippen LogP contribution in [-0.4, -0.2) is 17.6 Å². The van der Waals surface area contributed by atoms with Gasteiger partial charge in [0.1, 0.15) is 11.6 Å². The molecule has 0 aliphatic rings. The fourth-order valence-electron chi connectivity index (χ4n) is 1.41. The van der Waals surface area contributed by atoms with Crippen molar-refractivity contribution in [2.24, 2.45) is 0 Å². The lowest BCUT2D eigenvalue weighted by molar-refractivity contribution is -0.385. The molecule has 1 aromatic carbocycles. The SMILES string of the molecule is N#Cc1ccc(NCCCC(F)(F)F)cc1[N+](=O)[O-]. The van der Waals surface area contributed by atoms with Gasteiger partial charge in [-0.1, -0.05) is 0 Å². The minimum atomic E-state index is -4.21. The van der Waals surface area contributed by atoms with Crippen LogP contribution < -0.4 is 5.32 Å². The number of rotatable bonds is 5. The van der Waals surface area contributed by atoms with Gasteiger partial charge in [0, 0.05) is 24.7 Å². The number of alkyl halides is 3. The molecule has 0 unspecified atom stereocenters. The molecule has 0 amide bonds. The fourth-order valence-corrected chi connectivity index (χ4v) is 1.41. The second kappa shape index (κ2) is 6.04. The highest BCUT2D eigenvalue weighted by atomic mass is 19.4. The van der Waals surface area contributed by atoms with Gasteiger partial charge in [-0.05, 0) is 18.6 Å². The molecule has 0 aliphatic heterocycles. The predicted octanol–water partition coefficient (Wildman–Crippen LogP) is 3.22. The smallest absolute Gasteiger partial charge is 0.385 e. The van der Waals surface area contributed by atoms with Crippen molar-refractivity contribution in [3.63, 3.8) is 0 Å². The van der Waals surface area contributed by atoms with Crippen molar-refractivity contribution in [3.8, 4) is 6.07 Å². The first kappa shape index (κ1) is 14.8. The van der Waals surface area contributed by atoms with E-state index in [9.17, 15) is 23.3 Å². The lowest BCUT2D eigenvalue weighted by Gasteiger charge is -2.08. The molecule has 19 heavy (non-hydrogen) atoms. The van der Waals surface area contributed by atoms with Crippen molar-refractivity contribution >= 4 is 11.4 Å². The van der Waals surface area contributed by atoms with E-state index in [2.05, 4.69) is 5.32 Å². The van der Waals surface area contributed by atoms with Gasteiger partial charge in [0.15, 0.2) is 0 Å². The lowest BCUT2D eigenvalue weighted by atomic mass is 10.1. The zero-order valence-corrected chi connectivity index (χ0v) is 9.70. The first-order valence-electron chi connectivity index (χ1n) is 5.32. The monoisotopic (exact) mass is 273 g/mol. The van der Waals surface area contributed by atoms with Crippen LogP contribution in [0.25, 0.3) is 0 Å². The van der Waals surface area contributed by atoms with Crippen LogP contribution in [0.15, 0.2) is 18.2 Å². The number of nitriles is 1. The largest absolute Gasteiger partial charge is 0.389 e. The number of nitro groups is 1. The van der Waals surface area contributed by atoms with Crippen molar-refractivity contribution in [2.45, 2.75) is 19.0 Å². The molecule has 1 aromatic rings. The average molecular weight is 273 g/mol. The molecule has 0 saturated carbocycles. The molecule has 1 rings (SSSR count). The number of hydrogen-bond acceptors (Lipinski definition) is 4. The van der Waals surface area contributed by atoms with E-state index in [-0.39, 0.29) is 24.2 Å². The summed E-state index contributed by atoms with van der Waals surface area (Å²) in [7, 11) is 0. The number of nitrogens with zero attached hydrogens (tertiary/aromatic N) is 2. The van der Waals surface area contributed by atoms with Gasteiger partial charge in [-0.15, -0.1) is 0 Å². The summed E-state index contributed by atoms with van der Waals surface area (Å²) >= 11 is 0. The molecular weight excluding hydrogens is 263 g/mol. The Morgan fingerprint density at radius 1 is 1.42 bits per heavy atom. The Morgan fingerprint density at radius 2 is 2.11 bits per heavy atom. The molecule has 5 nitrogen and oxygen atoms in total. The molecule has 0 atom stereocenters. The summed E-state index contributed by atoms with van der Waals surface area (Å²) < 4.78 is 35.7. The quantitative estimate of drug-likeness (QED) is 0.507. The Balaban J connectivity index is 2.63. The third-order valence-corrected chi connectivity index (χ3v) is 2.28. The van der Waals surface area contributed by atoms with E-state index in [0.717, 1.165) is 6.07 Å². The number of benzene rings is 1. The summed E-state index contributed by atoms with van der Waals surface area (Å²) in [6.45, 7) is 0.0442. The Bertz CT molecular complexity index is 509. The Kier molecular flexibility index (Phi) is 4.69. The fraction of sp³-hybridized carbons (Fsp3) is 0.364. The van der Waals surface area contributed by atoms with Crippen LogP contribution in [0.3, 0.4) is 0 Å². The predicted molar refractivity (Wildman–Crippen MR) is 61.6 cm³/mol. The molecule has 0 fully saturated rings. The van der Waals surface area contributed by atoms with Crippen LogP contribution in [0.4, 0.5) is 24.5 Å². The number of nitro benzene ring substituents is 1. The summed E-state index contributed by atoms with van der Waals surface area (Å²) in [4.78, 5) is 9.96. The molecule has 0 radical (unpaired) electrons. The second-order valence-electron chi connectivity index (χ2n) is 3.75. The minimum Gasteiger partial charge on any atom is -0.385 e.